The lowest BCUT2D eigenvalue weighted by molar-refractivity contribution is -0.144. The predicted octanol–water partition coefficient (Wildman–Crippen LogP) is 3.34. The highest BCUT2D eigenvalue weighted by Gasteiger charge is 2.40. The summed E-state index contributed by atoms with van der Waals surface area (Å²) in [6.45, 7) is 15.9. The molecule has 11 heteroatoms. The number of rotatable bonds is 11. The minimum absolute atomic E-state index is 0.0140. The zero-order valence-corrected chi connectivity index (χ0v) is 26.2. The van der Waals surface area contributed by atoms with Crippen molar-refractivity contribution in [3.05, 3.63) is 23.0 Å². The second-order valence-electron chi connectivity index (χ2n) is 13.4. The molecule has 0 aromatic rings. The van der Waals surface area contributed by atoms with Gasteiger partial charge >= 0.3 is 12.1 Å². The fourth-order valence-corrected chi connectivity index (χ4v) is 4.66. The molecule has 3 unspecified atom stereocenters. The van der Waals surface area contributed by atoms with Gasteiger partial charge in [0.25, 0.3) is 0 Å². The van der Waals surface area contributed by atoms with Crippen LogP contribution in [0, 0.1) is 23.2 Å². The lowest BCUT2D eigenvalue weighted by Gasteiger charge is -2.38. The van der Waals surface area contributed by atoms with Crippen LogP contribution >= 0.6 is 0 Å². The Bertz CT molecular complexity index is 1050. The number of aliphatic imine (C=N–C) groups is 1. The van der Waals surface area contributed by atoms with E-state index in [1.54, 1.807) is 20.8 Å². The molecule has 0 aliphatic carbocycles. The zero-order chi connectivity index (χ0) is 31.1. The Balaban J connectivity index is 2.50. The summed E-state index contributed by atoms with van der Waals surface area (Å²) in [6.07, 6.45) is 1.31. The predicted molar refractivity (Wildman–Crippen MR) is 157 cm³/mol. The summed E-state index contributed by atoms with van der Waals surface area (Å²) in [4.78, 5) is 45.5. The van der Waals surface area contributed by atoms with Crippen molar-refractivity contribution in [1.29, 1.82) is 0 Å². The van der Waals surface area contributed by atoms with Gasteiger partial charge in [-0.25, -0.2) is 4.79 Å². The molecular formula is C30H50N4O7. The van der Waals surface area contributed by atoms with Gasteiger partial charge < -0.3 is 35.2 Å². The van der Waals surface area contributed by atoms with Gasteiger partial charge in [-0.15, -0.1) is 0 Å². The zero-order valence-electron chi connectivity index (χ0n) is 26.2. The van der Waals surface area contributed by atoms with Gasteiger partial charge in [0.2, 0.25) is 0 Å². The summed E-state index contributed by atoms with van der Waals surface area (Å²) >= 11 is 0. The van der Waals surface area contributed by atoms with Gasteiger partial charge in [0, 0.05) is 43.7 Å². The number of carboxylic acid groups (broad SMARTS) is 1. The quantitative estimate of drug-likeness (QED) is 0.271. The number of Topliss-reactive ketones (excluding diaryl/α,β-unsaturated/α-hetero) is 1. The van der Waals surface area contributed by atoms with Crippen LogP contribution in [0.2, 0.25) is 0 Å². The minimum atomic E-state index is -1.02. The Labute approximate surface area is 244 Å². The van der Waals surface area contributed by atoms with Crippen molar-refractivity contribution in [1.82, 2.24) is 15.5 Å². The molecule has 2 aliphatic heterocycles. The molecule has 1 fully saturated rings. The van der Waals surface area contributed by atoms with Crippen molar-refractivity contribution in [2.45, 2.75) is 79.9 Å². The van der Waals surface area contributed by atoms with E-state index in [2.05, 4.69) is 15.6 Å². The normalized spacial score (nSPS) is 21.3. The van der Waals surface area contributed by atoms with Crippen molar-refractivity contribution in [3.8, 4) is 0 Å². The van der Waals surface area contributed by atoms with Crippen LogP contribution in [0.15, 0.2) is 28.0 Å². The lowest BCUT2D eigenvalue weighted by Crippen LogP contribution is -2.49. The number of aliphatic hydroxyl groups is 1. The van der Waals surface area contributed by atoms with E-state index in [1.807, 2.05) is 40.7 Å². The SMILES string of the molecule is COCC(O)CNC1=C(C(=O)/C(=C\CC(C)C)C2CC(C(=O)O)CN(C(=O)OC(C)(C)C)C2)CN=C(C(C)(C)C)N1. The molecule has 11 nitrogen and oxygen atoms in total. The maximum Gasteiger partial charge on any atom is 0.410 e. The number of amidine groups is 1. The number of piperidine rings is 1. The molecule has 2 heterocycles. The number of carbonyl (C=O) groups excluding carboxylic acids is 2. The van der Waals surface area contributed by atoms with Gasteiger partial charge in [-0.1, -0.05) is 40.7 Å². The highest BCUT2D eigenvalue weighted by molar-refractivity contribution is 6.10. The number of hydrogen-bond acceptors (Lipinski definition) is 9. The Kier molecular flexibility index (Phi) is 12.0. The molecule has 2 aliphatic rings. The van der Waals surface area contributed by atoms with Gasteiger partial charge in [0.15, 0.2) is 5.78 Å². The topological polar surface area (TPSA) is 150 Å². The molecule has 1 saturated heterocycles. The van der Waals surface area contributed by atoms with Crippen molar-refractivity contribution in [2.75, 3.05) is 39.9 Å². The summed E-state index contributed by atoms with van der Waals surface area (Å²) in [5.41, 5.74) is -0.209. The van der Waals surface area contributed by atoms with E-state index < -0.39 is 35.6 Å². The summed E-state index contributed by atoms with van der Waals surface area (Å²) in [7, 11) is 1.50. The van der Waals surface area contributed by atoms with Gasteiger partial charge in [-0.2, -0.15) is 0 Å². The molecule has 0 radical (unpaired) electrons. The highest BCUT2D eigenvalue weighted by Crippen LogP contribution is 2.32. The van der Waals surface area contributed by atoms with Crippen LogP contribution in [0.5, 0.6) is 0 Å². The van der Waals surface area contributed by atoms with Gasteiger partial charge in [-0.3, -0.25) is 14.6 Å². The van der Waals surface area contributed by atoms with Gasteiger partial charge in [0.05, 0.1) is 30.7 Å². The third-order valence-electron chi connectivity index (χ3n) is 6.76. The van der Waals surface area contributed by atoms with E-state index in [4.69, 9.17) is 9.47 Å². The number of ketones is 1. The first kappa shape index (κ1) is 34.3. The second kappa shape index (κ2) is 14.3. The average Bonchev–Trinajstić information content (AvgIpc) is 2.85. The van der Waals surface area contributed by atoms with Gasteiger partial charge in [0.1, 0.15) is 17.3 Å². The maximum atomic E-state index is 14.3. The molecule has 0 aromatic heterocycles. The van der Waals surface area contributed by atoms with E-state index in [9.17, 15) is 24.6 Å². The van der Waals surface area contributed by atoms with Crippen LogP contribution in [0.3, 0.4) is 0 Å². The summed E-state index contributed by atoms with van der Waals surface area (Å²) in [6, 6.07) is 0. The third-order valence-corrected chi connectivity index (χ3v) is 6.76. The van der Waals surface area contributed by atoms with Crippen molar-refractivity contribution in [2.24, 2.45) is 28.2 Å². The Morgan fingerprint density at radius 2 is 1.78 bits per heavy atom. The number of ether oxygens (including phenoxy) is 2. The molecule has 0 saturated carbocycles. The fraction of sp³-hybridized carbons (Fsp3) is 0.733. The fourth-order valence-electron chi connectivity index (χ4n) is 4.66. The minimum Gasteiger partial charge on any atom is -0.481 e. The van der Waals surface area contributed by atoms with Crippen LogP contribution in [-0.4, -0.2) is 90.4 Å². The Hall–Kier alpha value is -2.92. The molecule has 2 rings (SSSR count). The van der Waals surface area contributed by atoms with Crippen molar-refractivity contribution >= 4 is 23.7 Å². The number of hydrogen-bond donors (Lipinski definition) is 4. The molecule has 3 atom stereocenters. The first-order valence-electron chi connectivity index (χ1n) is 14.3. The van der Waals surface area contributed by atoms with E-state index in [0.717, 1.165) is 0 Å². The Morgan fingerprint density at radius 3 is 2.32 bits per heavy atom. The number of nitrogens with one attached hydrogen (secondary N) is 2. The van der Waals surface area contributed by atoms with Crippen LogP contribution in [0.4, 0.5) is 4.79 Å². The van der Waals surface area contributed by atoms with Crippen LogP contribution < -0.4 is 10.6 Å². The third kappa shape index (κ3) is 10.5. The summed E-state index contributed by atoms with van der Waals surface area (Å²) < 4.78 is 10.6. The first-order valence-corrected chi connectivity index (χ1v) is 14.3. The summed E-state index contributed by atoms with van der Waals surface area (Å²) in [5, 5.41) is 26.6. The van der Waals surface area contributed by atoms with E-state index in [-0.39, 0.29) is 56.3 Å². The first-order chi connectivity index (χ1) is 18.9. The number of nitrogens with zero attached hydrogens (tertiary/aromatic N) is 2. The second-order valence-corrected chi connectivity index (χ2v) is 13.4. The highest BCUT2D eigenvalue weighted by atomic mass is 16.6. The molecule has 1 amide bonds. The molecule has 232 valence electrons. The number of methoxy groups -OCH3 is 1. The van der Waals surface area contributed by atoms with Crippen molar-refractivity contribution in [3.63, 3.8) is 0 Å². The number of carbonyl (C=O) groups is 3. The van der Waals surface area contributed by atoms with Crippen LogP contribution in [0.25, 0.3) is 0 Å². The average molecular weight is 579 g/mol. The number of aliphatic hydroxyl groups excluding tert-OH is 1. The molecule has 0 spiro atoms. The smallest absolute Gasteiger partial charge is 0.410 e. The number of amides is 1. The lowest BCUT2D eigenvalue weighted by atomic mass is 9.80. The Morgan fingerprint density at radius 1 is 1.15 bits per heavy atom. The van der Waals surface area contributed by atoms with Gasteiger partial charge in [-0.05, 0) is 39.5 Å². The van der Waals surface area contributed by atoms with Crippen LogP contribution in [0.1, 0.15) is 68.2 Å². The monoisotopic (exact) mass is 578 g/mol. The molecule has 0 bridgehead atoms. The van der Waals surface area contributed by atoms with E-state index in [0.29, 0.717) is 29.2 Å². The summed E-state index contributed by atoms with van der Waals surface area (Å²) in [5.74, 6) is -1.23. The van der Waals surface area contributed by atoms with Crippen LogP contribution in [-0.2, 0) is 19.1 Å². The standard InChI is InChI=1S/C30H50N4O7/c1-18(2)10-11-22(19-12-20(26(37)38)16-34(15-19)28(39)41-30(6,7)8)24(36)23-14-32-27(29(3,4)5)33-25(23)31-13-21(35)17-40-9/h11,18-21,31,35H,10,12-17H2,1-9H3,(H,32,33)(H,37,38)/b22-11-. The molecular weight excluding hydrogens is 528 g/mol. The molecule has 0 aromatic carbocycles. The largest absolute Gasteiger partial charge is 0.481 e. The number of carboxylic acids is 1. The maximum absolute atomic E-state index is 14.3. The number of aliphatic carboxylic acids is 1. The molecule has 41 heavy (non-hydrogen) atoms. The van der Waals surface area contributed by atoms with E-state index in [1.165, 1.54) is 12.0 Å². The van der Waals surface area contributed by atoms with Crippen molar-refractivity contribution < 1.29 is 34.1 Å². The number of allylic oxidation sites excluding steroid dienone is 1. The number of likely N-dealkylation sites (tertiary alicyclic amines) is 1. The van der Waals surface area contributed by atoms with E-state index >= 15 is 0 Å². The molecule has 4 N–H and O–H groups in total.